The number of hydrogen-bond acceptors (Lipinski definition) is 4. The number of rotatable bonds is 6. The molecule has 23 heavy (non-hydrogen) atoms. The Morgan fingerprint density at radius 2 is 2.09 bits per heavy atom. The Kier molecular flexibility index (Phi) is 11.0. The summed E-state index contributed by atoms with van der Waals surface area (Å²) in [5, 5.41) is 2.77. The fourth-order valence-corrected chi connectivity index (χ4v) is 2.64. The quantitative estimate of drug-likeness (QED) is 0.809. The number of halogens is 2. The average molecular weight is 364 g/mol. The van der Waals surface area contributed by atoms with Crippen molar-refractivity contribution in [3.05, 3.63) is 18.3 Å². The SMILES string of the molecule is CC(N)CC(=O)Nc1ncccc1OCC1CCCCC1.Cl.Cl. The summed E-state index contributed by atoms with van der Waals surface area (Å²) in [6.07, 6.45) is 8.30. The molecule has 5 nitrogen and oxygen atoms in total. The molecular weight excluding hydrogens is 337 g/mol. The summed E-state index contributed by atoms with van der Waals surface area (Å²) in [6.45, 7) is 2.50. The number of nitrogens with one attached hydrogen (secondary N) is 1. The van der Waals surface area contributed by atoms with Gasteiger partial charge in [-0.2, -0.15) is 0 Å². The first-order chi connectivity index (χ1) is 10.1. The molecule has 1 aromatic heterocycles. The lowest BCUT2D eigenvalue weighted by atomic mass is 9.90. The van der Waals surface area contributed by atoms with Crippen molar-refractivity contribution in [2.45, 2.75) is 51.5 Å². The van der Waals surface area contributed by atoms with Gasteiger partial charge >= 0.3 is 0 Å². The monoisotopic (exact) mass is 363 g/mol. The smallest absolute Gasteiger partial charge is 0.227 e. The van der Waals surface area contributed by atoms with Crippen molar-refractivity contribution in [1.82, 2.24) is 4.98 Å². The van der Waals surface area contributed by atoms with Crippen molar-refractivity contribution in [2.75, 3.05) is 11.9 Å². The largest absolute Gasteiger partial charge is 0.489 e. The zero-order valence-electron chi connectivity index (χ0n) is 13.5. The van der Waals surface area contributed by atoms with Crippen molar-refractivity contribution in [3.63, 3.8) is 0 Å². The number of carbonyl (C=O) groups excluding carboxylic acids is 1. The Balaban J connectivity index is 0.00000242. The minimum absolute atomic E-state index is 0. The first-order valence-electron chi connectivity index (χ1n) is 7.78. The fourth-order valence-electron chi connectivity index (χ4n) is 2.64. The van der Waals surface area contributed by atoms with E-state index in [0.29, 0.717) is 24.1 Å². The van der Waals surface area contributed by atoms with E-state index in [4.69, 9.17) is 10.5 Å². The molecule has 1 amide bonds. The summed E-state index contributed by atoms with van der Waals surface area (Å²) in [4.78, 5) is 16.0. The van der Waals surface area contributed by atoms with E-state index in [1.807, 2.05) is 12.1 Å². The first-order valence-corrected chi connectivity index (χ1v) is 7.78. The molecule has 1 atom stereocenters. The molecule has 0 bridgehead atoms. The molecule has 1 aliphatic carbocycles. The van der Waals surface area contributed by atoms with Crippen LogP contribution in [0, 0.1) is 5.92 Å². The van der Waals surface area contributed by atoms with E-state index in [1.54, 1.807) is 13.1 Å². The van der Waals surface area contributed by atoms with Gasteiger partial charge in [-0.25, -0.2) is 4.98 Å². The highest BCUT2D eigenvalue weighted by molar-refractivity contribution is 5.91. The van der Waals surface area contributed by atoms with Crippen LogP contribution in [-0.4, -0.2) is 23.5 Å². The van der Waals surface area contributed by atoms with Gasteiger partial charge in [0, 0.05) is 18.7 Å². The van der Waals surface area contributed by atoms with Gasteiger partial charge in [0.1, 0.15) is 0 Å². The van der Waals surface area contributed by atoms with Crippen LogP contribution in [0.4, 0.5) is 5.82 Å². The highest BCUT2D eigenvalue weighted by atomic mass is 35.5. The van der Waals surface area contributed by atoms with E-state index in [9.17, 15) is 4.79 Å². The highest BCUT2D eigenvalue weighted by Gasteiger charge is 2.16. The zero-order valence-corrected chi connectivity index (χ0v) is 15.1. The van der Waals surface area contributed by atoms with Crippen molar-refractivity contribution in [2.24, 2.45) is 11.7 Å². The van der Waals surface area contributed by atoms with Gasteiger partial charge in [-0.3, -0.25) is 4.79 Å². The molecule has 1 saturated carbocycles. The van der Waals surface area contributed by atoms with Crippen LogP contribution in [0.15, 0.2) is 18.3 Å². The maximum absolute atomic E-state index is 11.8. The molecule has 3 N–H and O–H groups in total. The van der Waals surface area contributed by atoms with E-state index >= 15 is 0 Å². The molecule has 1 heterocycles. The van der Waals surface area contributed by atoms with Crippen molar-refractivity contribution in [1.29, 1.82) is 0 Å². The lowest BCUT2D eigenvalue weighted by Crippen LogP contribution is -2.24. The predicted octanol–water partition coefficient (Wildman–Crippen LogP) is 3.56. The minimum atomic E-state index is -0.166. The number of hydrogen-bond donors (Lipinski definition) is 2. The molecule has 7 heteroatoms. The Hall–Kier alpha value is -1.04. The third kappa shape index (κ3) is 7.86. The lowest BCUT2D eigenvalue weighted by Gasteiger charge is -2.22. The first kappa shape index (κ1) is 22.0. The van der Waals surface area contributed by atoms with E-state index in [1.165, 1.54) is 32.1 Å². The molecule has 0 radical (unpaired) electrons. The van der Waals surface area contributed by atoms with Gasteiger partial charge in [0.25, 0.3) is 0 Å². The number of amides is 1. The van der Waals surface area contributed by atoms with E-state index in [-0.39, 0.29) is 43.2 Å². The second kappa shape index (κ2) is 11.5. The highest BCUT2D eigenvalue weighted by Crippen LogP contribution is 2.27. The van der Waals surface area contributed by atoms with E-state index in [0.717, 1.165) is 0 Å². The van der Waals surface area contributed by atoms with Gasteiger partial charge < -0.3 is 15.8 Å². The molecule has 1 unspecified atom stereocenters. The second-order valence-corrected chi connectivity index (χ2v) is 5.89. The van der Waals surface area contributed by atoms with Gasteiger partial charge in [0.05, 0.1) is 6.61 Å². The third-order valence-corrected chi connectivity index (χ3v) is 3.74. The number of carbonyl (C=O) groups is 1. The number of anilines is 1. The Bertz CT molecular complexity index is 466. The molecule has 1 aromatic rings. The average Bonchev–Trinajstić information content (AvgIpc) is 2.46. The van der Waals surface area contributed by atoms with Gasteiger partial charge in [0.15, 0.2) is 11.6 Å². The van der Waals surface area contributed by atoms with Crippen LogP contribution in [0.2, 0.25) is 0 Å². The zero-order chi connectivity index (χ0) is 15.1. The summed E-state index contributed by atoms with van der Waals surface area (Å²) in [5.74, 6) is 1.61. The molecule has 1 fully saturated rings. The molecule has 0 aromatic carbocycles. The summed E-state index contributed by atoms with van der Waals surface area (Å²) >= 11 is 0. The molecule has 0 spiro atoms. The van der Waals surface area contributed by atoms with Gasteiger partial charge in [-0.05, 0) is 37.8 Å². The number of aromatic nitrogens is 1. The van der Waals surface area contributed by atoms with Crippen LogP contribution in [0.5, 0.6) is 5.75 Å². The maximum atomic E-state index is 11.8. The van der Waals surface area contributed by atoms with E-state index in [2.05, 4.69) is 10.3 Å². The Morgan fingerprint density at radius 3 is 2.74 bits per heavy atom. The topological polar surface area (TPSA) is 77.2 Å². The number of pyridine rings is 1. The number of ether oxygens (including phenoxy) is 1. The van der Waals surface area contributed by atoms with Crippen LogP contribution < -0.4 is 15.8 Å². The number of nitrogens with zero attached hydrogens (tertiary/aromatic N) is 1. The van der Waals surface area contributed by atoms with Crippen LogP contribution >= 0.6 is 24.8 Å². The second-order valence-electron chi connectivity index (χ2n) is 5.89. The predicted molar refractivity (Wildman–Crippen MR) is 97.7 cm³/mol. The van der Waals surface area contributed by atoms with Crippen LogP contribution in [0.25, 0.3) is 0 Å². The van der Waals surface area contributed by atoms with E-state index < -0.39 is 0 Å². The van der Waals surface area contributed by atoms with Crippen molar-refractivity contribution < 1.29 is 9.53 Å². The minimum Gasteiger partial charge on any atom is -0.489 e. The maximum Gasteiger partial charge on any atom is 0.227 e. The molecule has 2 rings (SSSR count). The molecular formula is C16H27Cl2N3O2. The lowest BCUT2D eigenvalue weighted by molar-refractivity contribution is -0.116. The molecule has 0 aliphatic heterocycles. The molecule has 0 saturated heterocycles. The summed E-state index contributed by atoms with van der Waals surface area (Å²) in [5.41, 5.74) is 5.63. The normalized spacial score (nSPS) is 15.7. The summed E-state index contributed by atoms with van der Waals surface area (Å²) in [6, 6.07) is 3.50. The fraction of sp³-hybridized carbons (Fsp3) is 0.625. The summed E-state index contributed by atoms with van der Waals surface area (Å²) < 4.78 is 5.87. The van der Waals surface area contributed by atoms with Crippen molar-refractivity contribution >= 4 is 36.5 Å². The number of nitrogens with two attached hydrogens (primary N) is 1. The Morgan fingerprint density at radius 1 is 1.39 bits per heavy atom. The van der Waals surface area contributed by atoms with Gasteiger partial charge in [0.2, 0.25) is 5.91 Å². The third-order valence-electron chi connectivity index (χ3n) is 3.74. The molecule has 1 aliphatic rings. The van der Waals surface area contributed by atoms with Gasteiger partial charge in [-0.1, -0.05) is 19.3 Å². The van der Waals surface area contributed by atoms with Gasteiger partial charge in [-0.15, -0.1) is 24.8 Å². The van der Waals surface area contributed by atoms with Crippen LogP contribution in [0.3, 0.4) is 0 Å². The van der Waals surface area contributed by atoms with Crippen LogP contribution in [-0.2, 0) is 4.79 Å². The Labute approximate surface area is 150 Å². The van der Waals surface area contributed by atoms with Crippen molar-refractivity contribution in [3.8, 4) is 5.75 Å². The molecule has 132 valence electrons. The summed E-state index contributed by atoms with van der Waals surface area (Å²) in [7, 11) is 0. The van der Waals surface area contributed by atoms with Crippen LogP contribution in [0.1, 0.15) is 45.4 Å². The standard InChI is InChI=1S/C16H25N3O2.2ClH/c1-12(17)10-15(20)19-16-14(8-5-9-18-16)21-11-13-6-3-2-4-7-13;;/h5,8-9,12-13H,2-4,6-7,10-11,17H2,1H3,(H,18,19,20);2*1H.